The molecule has 0 N–H and O–H groups in total. The van der Waals surface area contributed by atoms with Crippen LogP contribution in [0.1, 0.15) is 0 Å². The smallest absolute Gasteiger partial charge is 0.0462 e. The first-order chi connectivity index (χ1) is 22.2. The molecule has 0 aromatic heterocycles. The van der Waals surface area contributed by atoms with Crippen LogP contribution in [0.5, 0.6) is 0 Å². The quantitative estimate of drug-likeness (QED) is 0.177. The van der Waals surface area contributed by atoms with E-state index in [2.05, 4.69) is 205 Å². The van der Waals surface area contributed by atoms with Crippen molar-refractivity contribution in [1.82, 2.24) is 0 Å². The molecule has 0 heterocycles. The Bertz CT molecular complexity index is 1930. The maximum absolute atomic E-state index is 2.33. The molecular formula is C43H34N2. The molecule has 7 aromatic rings. The number of rotatable bonds is 8. The van der Waals surface area contributed by atoms with Gasteiger partial charge in [0.1, 0.15) is 0 Å². The Labute approximate surface area is 266 Å². The van der Waals surface area contributed by atoms with Crippen molar-refractivity contribution in [2.45, 2.75) is 0 Å². The molecule has 0 atom stereocenters. The summed E-state index contributed by atoms with van der Waals surface area (Å²) in [4.78, 5) is 4.51. The lowest BCUT2D eigenvalue weighted by Gasteiger charge is -2.25. The fraction of sp³-hybridized carbons (Fsp3) is 0.0233. The van der Waals surface area contributed by atoms with Crippen LogP contribution in [0, 0.1) is 0 Å². The topological polar surface area (TPSA) is 6.48 Å². The van der Waals surface area contributed by atoms with Crippen LogP contribution in [0.15, 0.2) is 188 Å². The first kappa shape index (κ1) is 27.9. The van der Waals surface area contributed by atoms with E-state index in [0.717, 1.165) is 22.7 Å². The molecule has 0 spiro atoms. The molecular weight excluding hydrogens is 544 g/mol. The van der Waals surface area contributed by atoms with Gasteiger partial charge in [-0.15, -0.1) is 0 Å². The van der Waals surface area contributed by atoms with Crippen molar-refractivity contribution in [2.75, 3.05) is 16.8 Å². The van der Waals surface area contributed by atoms with Crippen LogP contribution in [-0.2, 0) is 0 Å². The molecule has 0 bridgehead atoms. The summed E-state index contributed by atoms with van der Waals surface area (Å²) in [6.07, 6.45) is 0. The van der Waals surface area contributed by atoms with Crippen LogP contribution in [-0.4, -0.2) is 7.05 Å². The number of para-hydroxylation sites is 3. The van der Waals surface area contributed by atoms with Crippen molar-refractivity contribution >= 4 is 28.4 Å². The maximum Gasteiger partial charge on any atom is 0.0462 e. The minimum absolute atomic E-state index is 1.12. The van der Waals surface area contributed by atoms with Gasteiger partial charge in [-0.3, -0.25) is 0 Å². The van der Waals surface area contributed by atoms with E-state index < -0.39 is 0 Å². The third-order valence-electron chi connectivity index (χ3n) is 8.30. The molecule has 45 heavy (non-hydrogen) atoms. The van der Waals surface area contributed by atoms with E-state index >= 15 is 0 Å². The summed E-state index contributed by atoms with van der Waals surface area (Å²) >= 11 is 0. The SMILES string of the molecule is CN(c1ccccc1)c1ccc(-c2cc(-c3ccc(N(c4ccccc4)c4ccccc4)cc3)ccc2-c2ccccc2)cc1. The van der Waals surface area contributed by atoms with Gasteiger partial charge in [0, 0.05) is 35.5 Å². The Morgan fingerprint density at radius 2 is 0.667 bits per heavy atom. The summed E-state index contributed by atoms with van der Waals surface area (Å²) in [5.74, 6) is 0. The molecule has 7 aromatic carbocycles. The largest absolute Gasteiger partial charge is 0.345 e. The first-order valence-electron chi connectivity index (χ1n) is 15.3. The lowest BCUT2D eigenvalue weighted by atomic mass is 9.91. The summed E-state index contributed by atoms with van der Waals surface area (Å²) < 4.78 is 0. The van der Waals surface area contributed by atoms with Crippen molar-refractivity contribution < 1.29 is 0 Å². The van der Waals surface area contributed by atoms with E-state index in [1.54, 1.807) is 0 Å². The minimum atomic E-state index is 1.12. The third kappa shape index (κ3) is 6.00. The van der Waals surface area contributed by atoms with Gasteiger partial charge >= 0.3 is 0 Å². The normalized spacial score (nSPS) is 10.8. The lowest BCUT2D eigenvalue weighted by Crippen LogP contribution is -2.09. The molecule has 0 saturated heterocycles. The molecule has 2 nitrogen and oxygen atoms in total. The van der Waals surface area contributed by atoms with Crippen molar-refractivity contribution in [3.8, 4) is 33.4 Å². The molecule has 0 aliphatic rings. The van der Waals surface area contributed by atoms with E-state index in [-0.39, 0.29) is 0 Å². The van der Waals surface area contributed by atoms with Crippen molar-refractivity contribution in [3.05, 3.63) is 188 Å². The monoisotopic (exact) mass is 578 g/mol. The highest BCUT2D eigenvalue weighted by Crippen LogP contribution is 2.39. The Balaban J connectivity index is 1.25. The van der Waals surface area contributed by atoms with Crippen LogP contribution in [0.2, 0.25) is 0 Å². The highest BCUT2D eigenvalue weighted by atomic mass is 15.1. The lowest BCUT2D eigenvalue weighted by molar-refractivity contribution is 1.21. The molecule has 216 valence electrons. The van der Waals surface area contributed by atoms with Gasteiger partial charge < -0.3 is 9.80 Å². The zero-order valence-electron chi connectivity index (χ0n) is 25.3. The fourth-order valence-corrected chi connectivity index (χ4v) is 5.90. The van der Waals surface area contributed by atoms with E-state index in [4.69, 9.17) is 0 Å². The average molecular weight is 579 g/mol. The van der Waals surface area contributed by atoms with E-state index in [0.29, 0.717) is 0 Å². The number of nitrogens with zero attached hydrogens (tertiary/aromatic N) is 2. The van der Waals surface area contributed by atoms with Crippen molar-refractivity contribution in [3.63, 3.8) is 0 Å². The summed E-state index contributed by atoms with van der Waals surface area (Å²) in [6.45, 7) is 0. The number of hydrogen-bond donors (Lipinski definition) is 0. The Morgan fingerprint density at radius 1 is 0.289 bits per heavy atom. The summed E-state index contributed by atoms with van der Waals surface area (Å²) in [5.41, 5.74) is 12.9. The fourth-order valence-electron chi connectivity index (χ4n) is 5.90. The maximum atomic E-state index is 2.33. The minimum Gasteiger partial charge on any atom is -0.345 e. The standard InChI is InChI=1S/C43H34N2/c1-44(37-16-8-3-9-17-37)38-27-24-35(25-28-38)43-32-36(26-31-42(43)34-14-6-2-7-15-34)33-22-29-41(30-23-33)45(39-18-10-4-11-19-39)40-20-12-5-13-21-40/h2-32H,1H3. The summed E-state index contributed by atoms with van der Waals surface area (Å²) in [5, 5.41) is 0. The average Bonchev–Trinajstić information content (AvgIpc) is 3.13. The van der Waals surface area contributed by atoms with Crippen LogP contribution in [0.3, 0.4) is 0 Å². The highest BCUT2D eigenvalue weighted by molar-refractivity contribution is 5.88. The van der Waals surface area contributed by atoms with Gasteiger partial charge in [-0.2, -0.15) is 0 Å². The number of benzene rings is 7. The molecule has 0 aliphatic heterocycles. The van der Waals surface area contributed by atoms with Gasteiger partial charge in [0.15, 0.2) is 0 Å². The highest BCUT2D eigenvalue weighted by Gasteiger charge is 2.14. The van der Waals surface area contributed by atoms with Gasteiger partial charge in [-0.05, 0) is 100 Å². The molecule has 0 saturated carbocycles. The van der Waals surface area contributed by atoms with Crippen LogP contribution >= 0.6 is 0 Å². The van der Waals surface area contributed by atoms with Crippen LogP contribution in [0.25, 0.3) is 33.4 Å². The second kappa shape index (κ2) is 12.8. The van der Waals surface area contributed by atoms with E-state index in [1.165, 1.54) is 39.1 Å². The zero-order chi connectivity index (χ0) is 30.4. The van der Waals surface area contributed by atoms with Gasteiger partial charge in [0.2, 0.25) is 0 Å². The summed E-state index contributed by atoms with van der Waals surface area (Å²) in [7, 11) is 2.11. The van der Waals surface area contributed by atoms with E-state index in [9.17, 15) is 0 Å². The number of hydrogen-bond acceptors (Lipinski definition) is 2. The van der Waals surface area contributed by atoms with Gasteiger partial charge in [0.05, 0.1) is 0 Å². The van der Waals surface area contributed by atoms with Gasteiger partial charge in [0.25, 0.3) is 0 Å². The van der Waals surface area contributed by atoms with Gasteiger partial charge in [-0.25, -0.2) is 0 Å². The first-order valence-corrected chi connectivity index (χ1v) is 15.3. The zero-order valence-corrected chi connectivity index (χ0v) is 25.3. The summed E-state index contributed by atoms with van der Waals surface area (Å²) in [6, 6.07) is 66.8. The molecule has 0 radical (unpaired) electrons. The predicted molar refractivity (Wildman–Crippen MR) is 192 cm³/mol. The van der Waals surface area contributed by atoms with Crippen molar-refractivity contribution in [2.24, 2.45) is 0 Å². The van der Waals surface area contributed by atoms with Crippen LogP contribution < -0.4 is 9.80 Å². The molecule has 0 aliphatic carbocycles. The molecule has 0 fully saturated rings. The number of anilines is 5. The van der Waals surface area contributed by atoms with E-state index in [1.807, 2.05) is 0 Å². The molecule has 7 rings (SSSR count). The Morgan fingerprint density at radius 3 is 1.22 bits per heavy atom. The van der Waals surface area contributed by atoms with Gasteiger partial charge in [-0.1, -0.05) is 121 Å². The third-order valence-corrected chi connectivity index (χ3v) is 8.30. The second-order valence-electron chi connectivity index (χ2n) is 11.1. The van der Waals surface area contributed by atoms with Crippen LogP contribution in [0.4, 0.5) is 28.4 Å². The Kier molecular flexibility index (Phi) is 7.94. The predicted octanol–water partition coefficient (Wildman–Crippen LogP) is 11.9. The van der Waals surface area contributed by atoms with Crippen molar-refractivity contribution in [1.29, 1.82) is 0 Å². The molecule has 2 heteroatoms. The molecule has 0 amide bonds. The Hall–Kier alpha value is -5.86. The second-order valence-corrected chi connectivity index (χ2v) is 11.1. The molecule has 0 unspecified atom stereocenters.